The van der Waals surface area contributed by atoms with Crippen LogP contribution in [0.2, 0.25) is 0 Å². The summed E-state index contributed by atoms with van der Waals surface area (Å²) >= 11 is 6.29. The molecule has 0 amide bonds. The second-order valence-electron chi connectivity index (χ2n) is 7.05. The molecule has 3 atom stereocenters. The van der Waals surface area contributed by atoms with E-state index in [0.29, 0.717) is 6.42 Å². The zero-order chi connectivity index (χ0) is 23.5. The van der Waals surface area contributed by atoms with E-state index in [2.05, 4.69) is 6.92 Å². The quantitative estimate of drug-likeness (QED) is 0.217. The highest BCUT2D eigenvalue weighted by atomic mass is 35.5. The monoisotopic (exact) mass is 466 g/mol. The number of rotatable bonds is 13. The molecule has 0 radical (unpaired) electrons. The highest BCUT2D eigenvalue weighted by Crippen LogP contribution is 2.43. The molecule has 1 unspecified atom stereocenters. The first-order chi connectivity index (χ1) is 14.7. The Morgan fingerprint density at radius 3 is 2.16 bits per heavy atom. The maximum Gasteiger partial charge on any atom is 0.432 e. The van der Waals surface area contributed by atoms with Gasteiger partial charge < -0.3 is 14.2 Å². The predicted octanol–water partition coefficient (Wildman–Crippen LogP) is 5.53. The molecule has 0 heterocycles. The Morgan fingerprint density at radius 1 is 1.03 bits per heavy atom. The van der Waals surface area contributed by atoms with Crippen molar-refractivity contribution in [3.05, 3.63) is 35.9 Å². The van der Waals surface area contributed by atoms with Gasteiger partial charge in [0.1, 0.15) is 0 Å². The number of hydrogen-bond donors (Lipinski definition) is 0. The Morgan fingerprint density at radius 2 is 1.65 bits per heavy atom. The largest absolute Gasteiger partial charge is 0.463 e. The van der Waals surface area contributed by atoms with Crippen LogP contribution in [0.15, 0.2) is 30.3 Å². The van der Waals surface area contributed by atoms with Crippen LogP contribution in [-0.2, 0) is 29.4 Å². The van der Waals surface area contributed by atoms with E-state index in [0.717, 1.165) is 44.9 Å². The average Bonchev–Trinajstić information content (AvgIpc) is 2.72. The Balaban J connectivity index is 3.14. The Labute approximate surface area is 186 Å². The first-order valence-electron chi connectivity index (χ1n) is 10.3. The molecule has 0 spiro atoms. The van der Waals surface area contributed by atoms with E-state index in [1.165, 1.54) is 25.1 Å². The summed E-state index contributed by atoms with van der Waals surface area (Å²) in [4.78, 5) is 25.2. The molecule has 0 aromatic heterocycles. The van der Waals surface area contributed by atoms with Crippen molar-refractivity contribution < 1.29 is 37.0 Å². The van der Waals surface area contributed by atoms with Crippen LogP contribution in [0.25, 0.3) is 0 Å². The highest BCUT2D eigenvalue weighted by Gasteiger charge is 2.64. The summed E-state index contributed by atoms with van der Waals surface area (Å²) in [5, 5.41) is -1.04. The summed E-state index contributed by atoms with van der Waals surface area (Å²) in [6.45, 7) is 3.56. The molecule has 0 aliphatic heterocycles. The van der Waals surface area contributed by atoms with E-state index in [1.807, 2.05) is 0 Å². The van der Waals surface area contributed by atoms with Gasteiger partial charge in [0.25, 0.3) is 5.60 Å². The third kappa shape index (κ3) is 7.10. The lowest BCUT2D eigenvalue weighted by atomic mass is 9.92. The lowest BCUT2D eigenvalue weighted by Gasteiger charge is -2.34. The van der Waals surface area contributed by atoms with Crippen LogP contribution in [-0.4, -0.2) is 43.3 Å². The molecular formula is C22H30ClF3O5. The first-order valence-corrected chi connectivity index (χ1v) is 10.8. The molecule has 1 aromatic rings. The summed E-state index contributed by atoms with van der Waals surface area (Å²) in [5.41, 5.74) is -3.88. The molecule has 176 valence electrons. The van der Waals surface area contributed by atoms with E-state index in [1.54, 1.807) is 0 Å². The van der Waals surface area contributed by atoms with Crippen LogP contribution in [0.5, 0.6) is 0 Å². The number of hydrogen-bond acceptors (Lipinski definition) is 5. The number of methoxy groups -OCH3 is 1. The number of carbonyl (C=O) groups is 2. The van der Waals surface area contributed by atoms with Crippen LogP contribution in [0.4, 0.5) is 13.2 Å². The number of esters is 2. The van der Waals surface area contributed by atoms with Gasteiger partial charge in [0.2, 0.25) is 6.10 Å². The normalized spacial score (nSPS) is 15.6. The number of unbranched alkanes of at least 4 members (excludes halogenated alkanes) is 4. The molecule has 9 heteroatoms. The summed E-state index contributed by atoms with van der Waals surface area (Å²) in [6.07, 6.45) is -2.03. The van der Waals surface area contributed by atoms with Gasteiger partial charge in [0.05, 0.1) is 12.0 Å². The third-order valence-corrected chi connectivity index (χ3v) is 5.29. The minimum Gasteiger partial charge on any atom is -0.463 e. The van der Waals surface area contributed by atoms with Gasteiger partial charge in [-0.3, -0.25) is 0 Å². The highest BCUT2D eigenvalue weighted by molar-refractivity contribution is 6.22. The van der Waals surface area contributed by atoms with Crippen molar-refractivity contribution in [2.24, 2.45) is 0 Å². The van der Waals surface area contributed by atoms with E-state index >= 15 is 0 Å². The smallest absolute Gasteiger partial charge is 0.432 e. The molecule has 1 aromatic carbocycles. The van der Waals surface area contributed by atoms with Gasteiger partial charge in [-0.1, -0.05) is 69.4 Å². The van der Waals surface area contributed by atoms with Crippen molar-refractivity contribution in [3.8, 4) is 0 Å². The van der Waals surface area contributed by atoms with Crippen molar-refractivity contribution in [2.45, 2.75) is 75.6 Å². The van der Waals surface area contributed by atoms with Gasteiger partial charge in [-0.15, -0.1) is 11.6 Å². The maximum absolute atomic E-state index is 14.1. The number of ether oxygens (including phenoxy) is 3. The number of halogens is 4. The lowest BCUT2D eigenvalue weighted by Crippen LogP contribution is -2.54. The van der Waals surface area contributed by atoms with E-state index in [4.69, 9.17) is 25.8 Å². The molecule has 0 saturated heterocycles. The second kappa shape index (κ2) is 12.9. The Hall–Kier alpha value is -1.80. The van der Waals surface area contributed by atoms with E-state index < -0.39 is 40.8 Å². The van der Waals surface area contributed by atoms with Gasteiger partial charge in [-0.05, 0) is 13.3 Å². The SMILES string of the molecule is CCCCCCC[C@@H](Cl)[C@@H](OC(=O)C(OC)(c1ccccc1)C(F)(F)F)C(=O)OCC. The topological polar surface area (TPSA) is 61.8 Å². The Kier molecular flexibility index (Phi) is 11.3. The molecular weight excluding hydrogens is 437 g/mol. The zero-order valence-corrected chi connectivity index (χ0v) is 18.8. The van der Waals surface area contributed by atoms with Crippen molar-refractivity contribution in [2.75, 3.05) is 13.7 Å². The van der Waals surface area contributed by atoms with Crippen molar-refractivity contribution in [3.63, 3.8) is 0 Å². The van der Waals surface area contributed by atoms with Crippen LogP contribution in [0.1, 0.15) is 57.9 Å². The van der Waals surface area contributed by atoms with Crippen molar-refractivity contribution in [1.82, 2.24) is 0 Å². The summed E-state index contributed by atoms with van der Waals surface area (Å²) in [5.74, 6) is -2.77. The van der Waals surface area contributed by atoms with Gasteiger partial charge in [0.15, 0.2) is 0 Å². The molecule has 0 N–H and O–H groups in total. The van der Waals surface area contributed by atoms with Crippen LogP contribution in [0, 0.1) is 0 Å². The molecule has 0 aliphatic rings. The maximum atomic E-state index is 14.1. The van der Waals surface area contributed by atoms with Crippen molar-refractivity contribution >= 4 is 23.5 Å². The van der Waals surface area contributed by atoms with Crippen LogP contribution >= 0.6 is 11.6 Å². The zero-order valence-electron chi connectivity index (χ0n) is 18.0. The average molecular weight is 467 g/mol. The summed E-state index contributed by atoms with van der Waals surface area (Å²) in [7, 11) is 0.757. The molecule has 0 bridgehead atoms. The van der Waals surface area contributed by atoms with Crippen molar-refractivity contribution in [1.29, 1.82) is 0 Å². The number of benzene rings is 1. The molecule has 5 nitrogen and oxygen atoms in total. The Bertz CT molecular complexity index is 683. The third-order valence-electron chi connectivity index (χ3n) is 4.84. The standard InChI is InChI=1S/C22H30ClF3O5/c1-4-6-7-8-12-15-17(23)18(19(27)30-5-2)31-20(28)21(29-3,22(24,25)26)16-13-10-9-11-14-16/h9-11,13-14,17-18H,4-8,12,15H2,1-3H3/t17-,18-,21?/m1/s1. The second-order valence-corrected chi connectivity index (χ2v) is 7.61. The number of alkyl halides is 4. The van der Waals surface area contributed by atoms with E-state index in [9.17, 15) is 22.8 Å². The fourth-order valence-electron chi connectivity index (χ4n) is 3.17. The first kappa shape index (κ1) is 27.2. The molecule has 0 aliphatic carbocycles. The van der Waals surface area contributed by atoms with Gasteiger partial charge in [0, 0.05) is 12.7 Å². The predicted molar refractivity (Wildman–Crippen MR) is 111 cm³/mol. The van der Waals surface area contributed by atoms with Crippen LogP contribution in [0.3, 0.4) is 0 Å². The molecule has 0 saturated carbocycles. The molecule has 0 fully saturated rings. The van der Waals surface area contributed by atoms with Gasteiger partial charge in [-0.2, -0.15) is 13.2 Å². The van der Waals surface area contributed by atoms with E-state index in [-0.39, 0.29) is 13.0 Å². The fraction of sp³-hybridized carbons (Fsp3) is 0.636. The van der Waals surface area contributed by atoms with Crippen LogP contribution < -0.4 is 0 Å². The summed E-state index contributed by atoms with van der Waals surface area (Å²) < 4.78 is 56.8. The van der Waals surface area contributed by atoms with Gasteiger partial charge in [-0.25, -0.2) is 9.59 Å². The summed E-state index contributed by atoms with van der Waals surface area (Å²) in [6, 6.07) is 6.38. The minimum absolute atomic E-state index is 0.0413. The number of carbonyl (C=O) groups excluding carboxylic acids is 2. The lowest BCUT2D eigenvalue weighted by molar-refractivity contribution is -0.278. The van der Waals surface area contributed by atoms with Gasteiger partial charge >= 0.3 is 18.1 Å². The molecule has 1 rings (SSSR count). The fourth-order valence-corrected chi connectivity index (χ4v) is 3.48. The molecule has 31 heavy (non-hydrogen) atoms. The minimum atomic E-state index is -5.15.